The van der Waals surface area contributed by atoms with Gasteiger partial charge in [0.1, 0.15) is 0 Å². The molecule has 4 N–H and O–H groups in total. The second kappa shape index (κ2) is 9.58. The van der Waals surface area contributed by atoms with Crippen molar-refractivity contribution in [3.63, 3.8) is 0 Å². The molecule has 18 heavy (non-hydrogen) atoms. The molecule has 0 aliphatic rings. The summed E-state index contributed by atoms with van der Waals surface area (Å²) in [6, 6.07) is 0. The van der Waals surface area contributed by atoms with Crippen LogP contribution in [0.4, 0.5) is 0 Å². The molecule has 0 aliphatic heterocycles. The average molecular weight is 260 g/mol. The monoisotopic (exact) mass is 260 g/mol. The van der Waals surface area contributed by atoms with E-state index in [9.17, 15) is 19.2 Å². The molecule has 0 aromatic carbocycles. The lowest BCUT2D eigenvalue weighted by atomic mass is 10.3. The molecule has 100 valence electrons. The van der Waals surface area contributed by atoms with Crippen LogP contribution in [-0.4, -0.2) is 44.3 Å². The fourth-order valence-corrected chi connectivity index (χ4v) is 0.508. The van der Waals surface area contributed by atoms with Gasteiger partial charge in [0, 0.05) is 17.7 Å². The van der Waals surface area contributed by atoms with E-state index in [-0.39, 0.29) is 12.0 Å². The molecule has 0 atom stereocenters. The lowest BCUT2D eigenvalue weighted by molar-refractivity contribution is -0.136. The Labute approximate surface area is 101 Å². The normalized spacial score (nSPS) is 10.4. The number of carbonyl (C=O) groups is 4. The van der Waals surface area contributed by atoms with E-state index in [0.717, 1.165) is 12.2 Å². The summed E-state index contributed by atoms with van der Waals surface area (Å²) in [7, 11) is 0. The number of carboxylic acids is 4. The highest BCUT2D eigenvalue weighted by Gasteiger charge is 2.00. The molecule has 8 heteroatoms. The first-order valence-electron chi connectivity index (χ1n) is 4.42. The summed E-state index contributed by atoms with van der Waals surface area (Å²) >= 11 is 0. The fourth-order valence-electron chi connectivity index (χ4n) is 0.508. The van der Waals surface area contributed by atoms with Gasteiger partial charge in [0.25, 0.3) is 0 Å². The van der Waals surface area contributed by atoms with Crippen LogP contribution in [-0.2, 0) is 19.2 Å². The van der Waals surface area contributed by atoms with Gasteiger partial charge in [-0.3, -0.25) is 4.79 Å². The van der Waals surface area contributed by atoms with E-state index in [1.54, 1.807) is 0 Å². The van der Waals surface area contributed by atoms with Gasteiger partial charge in [-0.25, -0.2) is 14.4 Å². The molecule has 0 bridgehead atoms. The maximum absolute atomic E-state index is 9.90. The van der Waals surface area contributed by atoms with Crippen LogP contribution in [0, 0.1) is 0 Å². The van der Waals surface area contributed by atoms with E-state index in [0.29, 0.717) is 6.08 Å². The second-order valence-electron chi connectivity index (χ2n) is 2.81. The zero-order valence-electron chi connectivity index (χ0n) is 9.36. The zero-order chi connectivity index (χ0) is 14.7. The molecule has 0 aromatic rings. The van der Waals surface area contributed by atoms with Crippen molar-refractivity contribution < 1.29 is 39.6 Å². The maximum Gasteiger partial charge on any atom is 0.331 e. The average Bonchev–Trinajstić information content (AvgIpc) is 2.15. The Bertz CT molecular complexity index is 391. The van der Waals surface area contributed by atoms with Gasteiger partial charge in [-0.1, -0.05) is 6.08 Å². The number of hydrogen-bond donors (Lipinski definition) is 4. The van der Waals surface area contributed by atoms with Gasteiger partial charge in [0.2, 0.25) is 0 Å². The van der Waals surface area contributed by atoms with E-state index in [1.165, 1.54) is 6.92 Å². The van der Waals surface area contributed by atoms with Gasteiger partial charge in [0.15, 0.2) is 0 Å². The molecule has 0 saturated carbocycles. The molecular formula is C10H12O8. The minimum absolute atomic E-state index is 0.178. The molecule has 0 saturated heterocycles. The molecule has 0 radical (unpaired) electrons. The van der Waals surface area contributed by atoms with Crippen molar-refractivity contribution in [2.45, 2.75) is 13.3 Å². The quantitative estimate of drug-likeness (QED) is 0.512. The number of hydrogen-bond acceptors (Lipinski definition) is 4. The predicted molar refractivity (Wildman–Crippen MR) is 58.1 cm³/mol. The van der Waals surface area contributed by atoms with Crippen molar-refractivity contribution >= 4 is 23.9 Å². The molecule has 0 aromatic heterocycles. The second-order valence-corrected chi connectivity index (χ2v) is 2.81. The first kappa shape index (κ1) is 17.7. The smallest absolute Gasteiger partial charge is 0.331 e. The maximum atomic E-state index is 9.90. The molecule has 0 aliphatic carbocycles. The van der Waals surface area contributed by atoms with Gasteiger partial charge in [-0.2, -0.15) is 0 Å². The highest BCUT2D eigenvalue weighted by atomic mass is 16.4. The van der Waals surface area contributed by atoms with Crippen LogP contribution in [0.15, 0.2) is 23.8 Å². The van der Waals surface area contributed by atoms with Crippen molar-refractivity contribution in [3.05, 3.63) is 23.8 Å². The Morgan fingerprint density at radius 3 is 1.67 bits per heavy atom. The lowest BCUT2D eigenvalue weighted by Gasteiger charge is -1.86. The first-order chi connectivity index (χ1) is 8.16. The minimum Gasteiger partial charge on any atom is -0.481 e. The molecule has 0 rings (SSSR count). The Balaban J connectivity index is 0. The van der Waals surface area contributed by atoms with Crippen molar-refractivity contribution in [2.24, 2.45) is 0 Å². The topological polar surface area (TPSA) is 149 Å². The summed E-state index contributed by atoms with van der Waals surface area (Å²) < 4.78 is 0. The van der Waals surface area contributed by atoms with Gasteiger partial charge in [0.05, 0.1) is 6.42 Å². The SMILES string of the molecule is C/C(=C\C(=O)O)C(=O)O.O=C(O)/C=C/CC(=O)O. The third-order valence-corrected chi connectivity index (χ3v) is 1.23. The van der Waals surface area contributed by atoms with Crippen LogP contribution in [0.25, 0.3) is 0 Å². The fraction of sp³-hybridized carbons (Fsp3) is 0.200. The molecule has 0 unspecified atom stereocenters. The highest BCUT2D eigenvalue weighted by molar-refractivity contribution is 5.94. The van der Waals surface area contributed by atoms with Crippen molar-refractivity contribution in [1.82, 2.24) is 0 Å². The lowest BCUT2D eigenvalue weighted by Crippen LogP contribution is -1.99. The van der Waals surface area contributed by atoms with Gasteiger partial charge in [-0.05, 0) is 6.92 Å². The van der Waals surface area contributed by atoms with Crippen molar-refractivity contribution in [3.8, 4) is 0 Å². The summed E-state index contributed by atoms with van der Waals surface area (Å²) in [4.78, 5) is 39.1. The minimum atomic E-state index is -1.24. The van der Waals surface area contributed by atoms with E-state index in [2.05, 4.69) is 0 Å². The zero-order valence-corrected chi connectivity index (χ0v) is 9.36. The number of aliphatic carboxylic acids is 4. The number of carboxylic acid groups (broad SMARTS) is 4. The Morgan fingerprint density at radius 2 is 1.44 bits per heavy atom. The van der Waals surface area contributed by atoms with E-state index >= 15 is 0 Å². The standard InChI is InChI=1S/2C5H6O4/c1-3(5(8)9)2-4(6)7;6-4(7)2-1-3-5(8)9/h2H,1H3,(H,6,7)(H,8,9);1-2H,3H2,(H,6,7)(H,8,9)/b3-2+;2-1+. The molecule has 0 heterocycles. The largest absolute Gasteiger partial charge is 0.481 e. The van der Waals surface area contributed by atoms with Crippen LogP contribution >= 0.6 is 0 Å². The summed E-state index contributed by atoms with van der Waals surface area (Å²) in [6.45, 7) is 1.22. The third kappa shape index (κ3) is 15.8. The highest BCUT2D eigenvalue weighted by Crippen LogP contribution is 1.89. The van der Waals surface area contributed by atoms with Crippen LogP contribution < -0.4 is 0 Å². The Kier molecular flexibility index (Phi) is 9.44. The van der Waals surface area contributed by atoms with Crippen LogP contribution in [0.2, 0.25) is 0 Å². The molecule has 8 nitrogen and oxygen atoms in total. The summed E-state index contributed by atoms with van der Waals surface area (Å²) in [5.74, 6) is -4.61. The summed E-state index contributed by atoms with van der Waals surface area (Å²) in [5, 5.41) is 32.0. The van der Waals surface area contributed by atoms with E-state index < -0.39 is 23.9 Å². The van der Waals surface area contributed by atoms with Crippen LogP contribution in [0.5, 0.6) is 0 Å². The molecule has 0 amide bonds. The molecule has 0 fully saturated rings. The van der Waals surface area contributed by atoms with Gasteiger partial charge >= 0.3 is 23.9 Å². The summed E-state index contributed by atoms with van der Waals surface area (Å²) in [5.41, 5.74) is -0.178. The summed E-state index contributed by atoms with van der Waals surface area (Å²) in [6.07, 6.45) is 2.27. The third-order valence-electron chi connectivity index (χ3n) is 1.23. The van der Waals surface area contributed by atoms with E-state index in [4.69, 9.17) is 20.4 Å². The Hall–Kier alpha value is -2.64. The number of rotatable bonds is 5. The van der Waals surface area contributed by atoms with Crippen LogP contribution in [0.1, 0.15) is 13.3 Å². The van der Waals surface area contributed by atoms with Crippen molar-refractivity contribution in [2.75, 3.05) is 0 Å². The van der Waals surface area contributed by atoms with Gasteiger partial charge < -0.3 is 20.4 Å². The predicted octanol–water partition coefficient (Wildman–Crippen LogP) is 0.204. The van der Waals surface area contributed by atoms with Crippen LogP contribution in [0.3, 0.4) is 0 Å². The first-order valence-corrected chi connectivity index (χ1v) is 4.42. The van der Waals surface area contributed by atoms with E-state index in [1.807, 2.05) is 0 Å². The molecule has 0 spiro atoms. The van der Waals surface area contributed by atoms with Gasteiger partial charge in [-0.15, -0.1) is 0 Å². The Morgan fingerprint density at radius 1 is 0.944 bits per heavy atom. The molecular weight excluding hydrogens is 248 g/mol. The van der Waals surface area contributed by atoms with Crippen molar-refractivity contribution in [1.29, 1.82) is 0 Å².